The van der Waals surface area contributed by atoms with Gasteiger partial charge in [0, 0.05) is 34.1 Å². The quantitative estimate of drug-likeness (QED) is 0.570. The molecule has 1 aromatic heterocycles. The van der Waals surface area contributed by atoms with Crippen LogP contribution in [0.25, 0.3) is 11.4 Å². The second-order valence-corrected chi connectivity index (χ2v) is 6.67. The van der Waals surface area contributed by atoms with Crippen LogP contribution in [-0.4, -0.2) is 16.0 Å². The lowest BCUT2D eigenvalue weighted by atomic mass is 10.1. The first-order valence-electron chi connectivity index (χ1n) is 7.97. The number of hydrogen-bond acceptors (Lipinski definition) is 4. The molecule has 2 aromatic carbocycles. The standard InChI is InChI=1S/C18H12Cl2F3N3O2/c19-12-7-13(20)9-14(8-12)24-15(27)4-5-16-25-17(26-28-16)10-2-1-3-11(6-10)18(21,22)23/h1-3,6-9H,4-5H2,(H,24,27). The SMILES string of the molecule is O=C(CCc1nc(-c2cccc(C(F)(F)F)c2)no1)Nc1cc(Cl)cc(Cl)c1. The zero-order valence-electron chi connectivity index (χ0n) is 14.1. The van der Waals surface area contributed by atoms with E-state index in [9.17, 15) is 18.0 Å². The summed E-state index contributed by atoms with van der Waals surface area (Å²) in [5, 5.41) is 7.07. The number of amides is 1. The van der Waals surface area contributed by atoms with Gasteiger partial charge < -0.3 is 9.84 Å². The smallest absolute Gasteiger partial charge is 0.339 e. The van der Waals surface area contributed by atoms with E-state index < -0.39 is 11.7 Å². The molecule has 0 fully saturated rings. The van der Waals surface area contributed by atoms with E-state index in [0.717, 1.165) is 12.1 Å². The number of alkyl halides is 3. The molecule has 10 heteroatoms. The first-order valence-corrected chi connectivity index (χ1v) is 8.72. The highest BCUT2D eigenvalue weighted by Crippen LogP contribution is 2.31. The normalized spacial score (nSPS) is 11.5. The van der Waals surface area contributed by atoms with Crippen molar-refractivity contribution in [3.63, 3.8) is 0 Å². The fourth-order valence-electron chi connectivity index (χ4n) is 2.38. The van der Waals surface area contributed by atoms with Crippen molar-refractivity contribution in [1.82, 2.24) is 10.1 Å². The van der Waals surface area contributed by atoms with Crippen LogP contribution in [0.2, 0.25) is 10.0 Å². The second-order valence-electron chi connectivity index (χ2n) is 5.80. The monoisotopic (exact) mass is 429 g/mol. The highest BCUT2D eigenvalue weighted by molar-refractivity contribution is 6.35. The van der Waals surface area contributed by atoms with Crippen molar-refractivity contribution in [2.24, 2.45) is 0 Å². The van der Waals surface area contributed by atoms with Gasteiger partial charge in [-0.15, -0.1) is 0 Å². The first kappa shape index (κ1) is 20.2. The Morgan fingerprint density at radius 1 is 1.11 bits per heavy atom. The third kappa shape index (κ3) is 5.24. The van der Waals surface area contributed by atoms with Crippen LogP contribution in [0.15, 0.2) is 47.0 Å². The number of anilines is 1. The van der Waals surface area contributed by atoms with Gasteiger partial charge in [0.15, 0.2) is 0 Å². The molecule has 28 heavy (non-hydrogen) atoms. The molecule has 0 bridgehead atoms. The Labute approximate surface area is 167 Å². The third-order valence-electron chi connectivity index (χ3n) is 3.63. The number of aryl methyl sites for hydroxylation is 1. The number of carbonyl (C=O) groups is 1. The number of halogens is 5. The van der Waals surface area contributed by atoms with Gasteiger partial charge in [0.25, 0.3) is 0 Å². The highest BCUT2D eigenvalue weighted by atomic mass is 35.5. The molecule has 1 amide bonds. The molecule has 0 aliphatic rings. The maximum absolute atomic E-state index is 12.8. The van der Waals surface area contributed by atoms with Crippen molar-refractivity contribution in [2.45, 2.75) is 19.0 Å². The summed E-state index contributed by atoms with van der Waals surface area (Å²) in [6.45, 7) is 0. The summed E-state index contributed by atoms with van der Waals surface area (Å²) >= 11 is 11.7. The van der Waals surface area contributed by atoms with Gasteiger partial charge in [-0.25, -0.2) is 0 Å². The molecule has 0 aliphatic carbocycles. The molecule has 0 atom stereocenters. The summed E-state index contributed by atoms with van der Waals surface area (Å²) in [4.78, 5) is 16.1. The summed E-state index contributed by atoms with van der Waals surface area (Å²) < 4.78 is 43.4. The van der Waals surface area contributed by atoms with Crippen LogP contribution in [0.1, 0.15) is 17.9 Å². The topological polar surface area (TPSA) is 68.0 Å². The summed E-state index contributed by atoms with van der Waals surface area (Å²) in [6, 6.07) is 9.22. The fourth-order valence-corrected chi connectivity index (χ4v) is 2.90. The summed E-state index contributed by atoms with van der Waals surface area (Å²) in [7, 11) is 0. The Bertz CT molecular complexity index is 985. The molecule has 146 valence electrons. The first-order chi connectivity index (χ1) is 13.2. The van der Waals surface area contributed by atoms with Crippen molar-refractivity contribution in [3.05, 3.63) is 64.0 Å². The summed E-state index contributed by atoms with van der Waals surface area (Å²) in [5.74, 6) is -0.188. The molecule has 1 heterocycles. The zero-order chi connectivity index (χ0) is 20.3. The molecule has 0 saturated heterocycles. The number of benzene rings is 2. The molecule has 0 unspecified atom stereocenters. The second kappa shape index (κ2) is 8.20. The maximum Gasteiger partial charge on any atom is 0.416 e. The lowest BCUT2D eigenvalue weighted by Gasteiger charge is -2.06. The van der Waals surface area contributed by atoms with Crippen molar-refractivity contribution < 1.29 is 22.5 Å². The molecule has 0 aliphatic heterocycles. The number of nitrogens with one attached hydrogen (secondary N) is 1. The Morgan fingerprint density at radius 2 is 1.82 bits per heavy atom. The van der Waals surface area contributed by atoms with Crippen LogP contribution in [0, 0.1) is 0 Å². The summed E-state index contributed by atoms with van der Waals surface area (Å²) in [5.41, 5.74) is -0.198. The van der Waals surface area contributed by atoms with Crippen LogP contribution in [0.3, 0.4) is 0 Å². The van der Waals surface area contributed by atoms with Gasteiger partial charge >= 0.3 is 6.18 Å². The van der Waals surface area contributed by atoms with Gasteiger partial charge in [-0.05, 0) is 30.3 Å². The molecule has 1 N–H and O–H groups in total. The lowest BCUT2D eigenvalue weighted by molar-refractivity contribution is -0.137. The Kier molecular flexibility index (Phi) is 5.90. The van der Waals surface area contributed by atoms with Gasteiger partial charge in [0.05, 0.1) is 5.56 Å². The van der Waals surface area contributed by atoms with Crippen molar-refractivity contribution in [3.8, 4) is 11.4 Å². The molecule has 5 nitrogen and oxygen atoms in total. The van der Waals surface area contributed by atoms with Gasteiger partial charge in [-0.2, -0.15) is 18.2 Å². The van der Waals surface area contributed by atoms with Gasteiger partial charge in [-0.1, -0.05) is 40.5 Å². The van der Waals surface area contributed by atoms with Crippen LogP contribution in [-0.2, 0) is 17.4 Å². The molecule has 3 rings (SSSR count). The van der Waals surface area contributed by atoms with Crippen LogP contribution < -0.4 is 5.32 Å². The average molecular weight is 430 g/mol. The predicted molar refractivity (Wildman–Crippen MR) is 98.1 cm³/mol. The average Bonchev–Trinajstić information content (AvgIpc) is 3.07. The largest absolute Gasteiger partial charge is 0.416 e. The number of rotatable bonds is 5. The maximum atomic E-state index is 12.8. The minimum absolute atomic E-state index is 0.0168. The van der Waals surface area contributed by atoms with Gasteiger partial charge in [-0.3, -0.25) is 4.79 Å². The minimum Gasteiger partial charge on any atom is -0.339 e. The van der Waals surface area contributed by atoms with Gasteiger partial charge in [0.2, 0.25) is 17.6 Å². The lowest BCUT2D eigenvalue weighted by Crippen LogP contribution is -2.12. The van der Waals surface area contributed by atoms with Crippen molar-refractivity contribution in [2.75, 3.05) is 5.32 Å². The number of carbonyl (C=O) groups excluding carboxylic acids is 1. The zero-order valence-corrected chi connectivity index (χ0v) is 15.6. The molecule has 0 radical (unpaired) electrons. The Balaban J connectivity index is 1.63. The Hall–Kier alpha value is -2.58. The van der Waals surface area contributed by atoms with Crippen molar-refractivity contribution >= 4 is 34.8 Å². The van der Waals surface area contributed by atoms with E-state index in [1.807, 2.05) is 0 Å². The van der Waals surface area contributed by atoms with E-state index in [2.05, 4.69) is 15.5 Å². The third-order valence-corrected chi connectivity index (χ3v) is 4.06. The predicted octanol–water partition coefficient (Wildman–Crippen LogP) is 5.63. The van der Waals surface area contributed by atoms with E-state index >= 15 is 0 Å². The van der Waals surface area contributed by atoms with E-state index in [4.69, 9.17) is 27.7 Å². The molecule has 0 saturated carbocycles. The van der Waals surface area contributed by atoms with Gasteiger partial charge in [0.1, 0.15) is 0 Å². The van der Waals surface area contributed by atoms with Crippen LogP contribution in [0.4, 0.5) is 18.9 Å². The van der Waals surface area contributed by atoms with Crippen molar-refractivity contribution in [1.29, 1.82) is 0 Å². The van der Waals surface area contributed by atoms with Crippen LogP contribution in [0.5, 0.6) is 0 Å². The Morgan fingerprint density at radius 3 is 2.50 bits per heavy atom. The van der Waals surface area contributed by atoms with E-state index in [-0.39, 0.29) is 36.0 Å². The molecular weight excluding hydrogens is 418 g/mol. The number of hydrogen-bond donors (Lipinski definition) is 1. The number of aromatic nitrogens is 2. The van der Waals surface area contributed by atoms with E-state index in [0.29, 0.717) is 15.7 Å². The fraction of sp³-hybridized carbons (Fsp3) is 0.167. The van der Waals surface area contributed by atoms with E-state index in [1.54, 1.807) is 12.1 Å². The minimum atomic E-state index is -4.47. The highest BCUT2D eigenvalue weighted by Gasteiger charge is 2.30. The molecule has 0 spiro atoms. The van der Waals surface area contributed by atoms with Crippen LogP contribution >= 0.6 is 23.2 Å². The molecule has 3 aromatic rings. The number of nitrogens with zero attached hydrogens (tertiary/aromatic N) is 2. The summed E-state index contributed by atoms with van der Waals surface area (Å²) in [6.07, 6.45) is -4.33. The molecular formula is C18H12Cl2F3N3O2. The van der Waals surface area contributed by atoms with E-state index in [1.165, 1.54) is 18.2 Å².